The van der Waals surface area contributed by atoms with E-state index in [1.807, 2.05) is 41.9 Å². The average molecular weight is 431 g/mol. The van der Waals surface area contributed by atoms with Crippen molar-refractivity contribution in [2.24, 2.45) is 0 Å². The van der Waals surface area contributed by atoms with Gasteiger partial charge in [0.15, 0.2) is 5.69 Å². The highest BCUT2D eigenvalue weighted by molar-refractivity contribution is 5.94. The zero-order valence-electron chi connectivity index (χ0n) is 18.5. The molecule has 0 saturated carbocycles. The van der Waals surface area contributed by atoms with Gasteiger partial charge in [0.05, 0.1) is 19.2 Å². The van der Waals surface area contributed by atoms with Gasteiger partial charge in [-0.25, -0.2) is 0 Å². The van der Waals surface area contributed by atoms with Crippen LogP contribution in [-0.4, -0.2) is 44.9 Å². The summed E-state index contributed by atoms with van der Waals surface area (Å²) in [5, 5.41) is 17.3. The molecule has 2 aromatic carbocycles. The van der Waals surface area contributed by atoms with E-state index in [9.17, 15) is 9.90 Å². The lowest BCUT2D eigenvalue weighted by atomic mass is 10.0. The SMILES string of the molecule is CC(NC(=O)c1nn(CCO)c2c1CN(C1Cc3ccccc3C1)CC2)c1ccccc1. The third kappa shape index (κ3) is 3.96. The monoisotopic (exact) mass is 430 g/mol. The highest BCUT2D eigenvalue weighted by Crippen LogP contribution is 2.31. The van der Waals surface area contributed by atoms with E-state index in [1.165, 1.54) is 11.1 Å². The summed E-state index contributed by atoms with van der Waals surface area (Å²) in [5.41, 5.74) is 6.54. The first-order valence-corrected chi connectivity index (χ1v) is 11.5. The molecule has 166 valence electrons. The molecule has 2 N–H and O–H groups in total. The standard InChI is InChI=1S/C26H30N4O2/c1-18(19-7-3-2-4-8-19)27-26(32)25-23-17-29(12-11-24(23)30(28-25)13-14-31)22-15-20-9-5-6-10-21(20)16-22/h2-10,18,22,31H,11-17H2,1H3,(H,27,32). The summed E-state index contributed by atoms with van der Waals surface area (Å²) >= 11 is 0. The van der Waals surface area contributed by atoms with Crippen LogP contribution in [0.15, 0.2) is 54.6 Å². The second-order valence-electron chi connectivity index (χ2n) is 8.88. The van der Waals surface area contributed by atoms with Crippen molar-refractivity contribution < 1.29 is 9.90 Å². The molecule has 0 fully saturated rings. The first kappa shape index (κ1) is 20.9. The quantitative estimate of drug-likeness (QED) is 0.631. The summed E-state index contributed by atoms with van der Waals surface area (Å²) in [4.78, 5) is 15.8. The molecule has 0 saturated heterocycles. The number of nitrogens with one attached hydrogen (secondary N) is 1. The Labute approximate surface area is 188 Å². The highest BCUT2D eigenvalue weighted by Gasteiger charge is 2.33. The molecule has 2 aliphatic rings. The Morgan fingerprint density at radius 1 is 1.12 bits per heavy atom. The molecule has 1 aromatic heterocycles. The zero-order chi connectivity index (χ0) is 22.1. The van der Waals surface area contributed by atoms with Gasteiger partial charge in [-0.1, -0.05) is 54.6 Å². The van der Waals surface area contributed by atoms with Crippen LogP contribution in [0.3, 0.4) is 0 Å². The molecule has 1 amide bonds. The van der Waals surface area contributed by atoms with Crippen molar-refractivity contribution in [1.29, 1.82) is 0 Å². The van der Waals surface area contributed by atoms with Gasteiger partial charge in [-0.3, -0.25) is 14.4 Å². The fourth-order valence-corrected chi connectivity index (χ4v) is 5.17. The lowest BCUT2D eigenvalue weighted by molar-refractivity contribution is 0.0930. The molecular weight excluding hydrogens is 400 g/mol. The highest BCUT2D eigenvalue weighted by atomic mass is 16.3. The van der Waals surface area contributed by atoms with Crippen LogP contribution < -0.4 is 5.32 Å². The maximum absolute atomic E-state index is 13.3. The molecule has 3 aromatic rings. The number of aliphatic hydroxyl groups is 1. The second-order valence-corrected chi connectivity index (χ2v) is 8.88. The average Bonchev–Trinajstić information content (AvgIpc) is 3.41. The fraction of sp³-hybridized carbons (Fsp3) is 0.385. The molecule has 1 atom stereocenters. The molecule has 0 spiro atoms. The molecule has 5 rings (SSSR count). The molecule has 1 unspecified atom stereocenters. The Bertz CT molecular complexity index is 1080. The Hall–Kier alpha value is -2.96. The minimum Gasteiger partial charge on any atom is -0.394 e. The first-order chi connectivity index (χ1) is 15.6. The summed E-state index contributed by atoms with van der Waals surface area (Å²) in [7, 11) is 0. The molecule has 0 radical (unpaired) electrons. The van der Waals surface area contributed by atoms with Gasteiger partial charge < -0.3 is 10.4 Å². The van der Waals surface area contributed by atoms with Gasteiger partial charge in [0, 0.05) is 36.8 Å². The number of carbonyl (C=O) groups is 1. The van der Waals surface area contributed by atoms with E-state index < -0.39 is 0 Å². The van der Waals surface area contributed by atoms with Crippen molar-refractivity contribution in [3.63, 3.8) is 0 Å². The summed E-state index contributed by atoms with van der Waals surface area (Å²) in [6, 6.07) is 19.0. The number of hydrogen-bond donors (Lipinski definition) is 2. The van der Waals surface area contributed by atoms with Crippen molar-refractivity contribution in [3.05, 3.63) is 88.2 Å². The van der Waals surface area contributed by atoms with Crippen LogP contribution in [0, 0.1) is 0 Å². The van der Waals surface area contributed by atoms with E-state index >= 15 is 0 Å². The van der Waals surface area contributed by atoms with Crippen LogP contribution in [-0.2, 0) is 32.4 Å². The Balaban J connectivity index is 1.37. The second kappa shape index (κ2) is 8.88. The molecule has 6 heteroatoms. The van der Waals surface area contributed by atoms with Gasteiger partial charge in [0.25, 0.3) is 5.91 Å². The zero-order valence-corrected chi connectivity index (χ0v) is 18.5. The Kier molecular flexibility index (Phi) is 5.81. The summed E-state index contributed by atoms with van der Waals surface area (Å²) < 4.78 is 1.83. The molecular formula is C26H30N4O2. The summed E-state index contributed by atoms with van der Waals surface area (Å²) in [6.45, 7) is 4.09. The maximum atomic E-state index is 13.3. The van der Waals surface area contributed by atoms with Crippen LogP contribution in [0.1, 0.15) is 51.4 Å². The topological polar surface area (TPSA) is 70.4 Å². The lowest BCUT2D eigenvalue weighted by Crippen LogP contribution is -2.40. The van der Waals surface area contributed by atoms with Gasteiger partial charge in [-0.15, -0.1) is 0 Å². The Morgan fingerprint density at radius 3 is 2.50 bits per heavy atom. The Morgan fingerprint density at radius 2 is 1.81 bits per heavy atom. The third-order valence-electron chi connectivity index (χ3n) is 6.88. The van der Waals surface area contributed by atoms with Crippen LogP contribution in [0.5, 0.6) is 0 Å². The number of benzene rings is 2. The predicted octanol–water partition coefficient (Wildman–Crippen LogP) is 2.89. The van der Waals surface area contributed by atoms with Gasteiger partial charge in [0.1, 0.15) is 0 Å². The third-order valence-corrected chi connectivity index (χ3v) is 6.88. The predicted molar refractivity (Wildman–Crippen MR) is 123 cm³/mol. The number of amides is 1. The van der Waals surface area contributed by atoms with E-state index in [1.54, 1.807) is 0 Å². The minimum atomic E-state index is -0.147. The van der Waals surface area contributed by atoms with Gasteiger partial charge in [-0.05, 0) is 36.5 Å². The van der Waals surface area contributed by atoms with Crippen molar-refractivity contribution in [2.75, 3.05) is 13.2 Å². The fourth-order valence-electron chi connectivity index (χ4n) is 5.17. The van der Waals surface area contributed by atoms with Crippen LogP contribution >= 0.6 is 0 Å². The normalized spacial score (nSPS) is 17.1. The van der Waals surface area contributed by atoms with E-state index in [0.29, 0.717) is 18.3 Å². The van der Waals surface area contributed by atoms with E-state index in [4.69, 9.17) is 0 Å². The molecule has 2 heterocycles. The van der Waals surface area contributed by atoms with Crippen molar-refractivity contribution >= 4 is 5.91 Å². The van der Waals surface area contributed by atoms with Gasteiger partial charge >= 0.3 is 0 Å². The van der Waals surface area contributed by atoms with Crippen LogP contribution in [0.2, 0.25) is 0 Å². The maximum Gasteiger partial charge on any atom is 0.272 e. The smallest absolute Gasteiger partial charge is 0.272 e. The van der Waals surface area contributed by atoms with Gasteiger partial charge in [-0.2, -0.15) is 5.10 Å². The molecule has 32 heavy (non-hydrogen) atoms. The van der Waals surface area contributed by atoms with Gasteiger partial charge in [0.2, 0.25) is 0 Å². The number of aliphatic hydroxyl groups excluding tert-OH is 1. The number of carbonyl (C=O) groups excluding carboxylic acids is 1. The largest absolute Gasteiger partial charge is 0.394 e. The lowest BCUT2D eigenvalue weighted by Gasteiger charge is -2.32. The number of aromatic nitrogens is 2. The minimum absolute atomic E-state index is 0.0112. The van der Waals surface area contributed by atoms with Crippen molar-refractivity contribution in [2.45, 2.75) is 51.4 Å². The molecule has 0 bridgehead atoms. The number of fused-ring (bicyclic) bond motifs is 2. The van der Waals surface area contributed by atoms with E-state index in [2.05, 4.69) is 39.6 Å². The molecule has 1 aliphatic heterocycles. The van der Waals surface area contributed by atoms with Crippen molar-refractivity contribution in [3.8, 4) is 0 Å². The van der Waals surface area contributed by atoms with Crippen LogP contribution in [0.4, 0.5) is 0 Å². The molecule has 1 aliphatic carbocycles. The summed E-state index contributed by atoms with van der Waals surface area (Å²) in [6.07, 6.45) is 2.96. The van der Waals surface area contributed by atoms with Crippen molar-refractivity contribution in [1.82, 2.24) is 20.0 Å². The summed E-state index contributed by atoms with van der Waals surface area (Å²) in [5.74, 6) is -0.147. The first-order valence-electron chi connectivity index (χ1n) is 11.5. The molecule has 6 nitrogen and oxygen atoms in total. The van der Waals surface area contributed by atoms with Crippen LogP contribution in [0.25, 0.3) is 0 Å². The van der Waals surface area contributed by atoms with E-state index in [0.717, 1.165) is 49.2 Å². The number of hydrogen-bond acceptors (Lipinski definition) is 4. The van der Waals surface area contributed by atoms with E-state index in [-0.39, 0.29) is 18.6 Å². The number of nitrogens with zero attached hydrogens (tertiary/aromatic N) is 3. The number of rotatable bonds is 6.